The molecule has 6 heteroatoms. The minimum atomic E-state index is -0.473. The van der Waals surface area contributed by atoms with Crippen molar-refractivity contribution in [3.8, 4) is 0 Å². The van der Waals surface area contributed by atoms with Crippen LogP contribution in [0, 0.1) is 10.1 Å². The molecule has 17 heavy (non-hydrogen) atoms. The zero-order valence-electron chi connectivity index (χ0n) is 9.35. The van der Waals surface area contributed by atoms with Gasteiger partial charge in [0.15, 0.2) is 0 Å². The Morgan fingerprint density at radius 3 is 2.88 bits per heavy atom. The third-order valence-corrected chi connectivity index (χ3v) is 4.37. The van der Waals surface area contributed by atoms with Crippen molar-refractivity contribution in [1.29, 1.82) is 0 Å². The average Bonchev–Trinajstić information content (AvgIpc) is 2.63. The molecule has 1 saturated heterocycles. The van der Waals surface area contributed by atoms with E-state index in [9.17, 15) is 10.1 Å². The summed E-state index contributed by atoms with van der Waals surface area (Å²) in [4.78, 5) is 10.1. The van der Waals surface area contributed by atoms with Crippen LogP contribution in [0.2, 0.25) is 5.02 Å². The van der Waals surface area contributed by atoms with Gasteiger partial charge < -0.3 is 5.32 Å². The van der Waals surface area contributed by atoms with Gasteiger partial charge in [0, 0.05) is 28.8 Å². The Morgan fingerprint density at radius 1 is 1.59 bits per heavy atom. The van der Waals surface area contributed by atoms with Gasteiger partial charge in [-0.3, -0.25) is 10.1 Å². The van der Waals surface area contributed by atoms with Crippen molar-refractivity contribution in [3.05, 3.63) is 33.3 Å². The van der Waals surface area contributed by atoms with E-state index < -0.39 is 4.92 Å². The number of anilines is 1. The first kappa shape index (κ1) is 12.5. The number of nitrogens with zero attached hydrogens (tertiary/aromatic N) is 1. The summed E-state index contributed by atoms with van der Waals surface area (Å²) in [6.07, 6.45) is 1.11. The molecule has 1 heterocycles. The van der Waals surface area contributed by atoms with Crippen LogP contribution >= 0.6 is 23.4 Å². The lowest BCUT2D eigenvalue weighted by molar-refractivity contribution is -0.384. The highest BCUT2D eigenvalue weighted by molar-refractivity contribution is 8.00. The molecule has 0 saturated carbocycles. The molecule has 1 aliphatic heterocycles. The summed E-state index contributed by atoms with van der Waals surface area (Å²) in [5, 5.41) is 14.8. The molecule has 0 spiro atoms. The van der Waals surface area contributed by atoms with Gasteiger partial charge in [0.25, 0.3) is 5.69 Å². The third-order valence-electron chi connectivity index (χ3n) is 2.71. The molecule has 2 atom stereocenters. The summed E-state index contributed by atoms with van der Waals surface area (Å²) < 4.78 is 0. The molecular weight excluding hydrogens is 260 g/mol. The normalized spacial score (nSPS) is 23.6. The van der Waals surface area contributed by atoms with Gasteiger partial charge in [-0.05, 0) is 18.6 Å². The Morgan fingerprint density at radius 2 is 2.35 bits per heavy atom. The second kappa shape index (κ2) is 5.14. The number of nitro benzene ring substituents is 1. The molecule has 1 aromatic carbocycles. The number of thioether (sulfide) groups is 1. The van der Waals surface area contributed by atoms with Crippen molar-refractivity contribution in [3.63, 3.8) is 0 Å². The van der Waals surface area contributed by atoms with Crippen LogP contribution in [0.3, 0.4) is 0 Å². The van der Waals surface area contributed by atoms with Gasteiger partial charge in [-0.2, -0.15) is 11.8 Å². The number of halogens is 1. The van der Waals surface area contributed by atoms with Crippen molar-refractivity contribution in [2.24, 2.45) is 0 Å². The predicted octanol–water partition coefficient (Wildman–Crippen LogP) is 3.55. The molecule has 4 nitrogen and oxygen atoms in total. The highest BCUT2D eigenvalue weighted by Crippen LogP contribution is 2.31. The van der Waals surface area contributed by atoms with Crippen molar-refractivity contribution >= 4 is 34.7 Å². The van der Waals surface area contributed by atoms with Gasteiger partial charge in [-0.1, -0.05) is 18.5 Å². The van der Waals surface area contributed by atoms with Gasteiger partial charge in [-0.15, -0.1) is 0 Å². The first-order chi connectivity index (χ1) is 8.06. The van der Waals surface area contributed by atoms with Crippen LogP contribution in [-0.4, -0.2) is 22.0 Å². The molecule has 0 aromatic heterocycles. The molecule has 1 aliphatic rings. The van der Waals surface area contributed by atoms with Gasteiger partial charge in [0.2, 0.25) is 0 Å². The van der Waals surface area contributed by atoms with E-state index in [2.05, 4.69) is 12.2 Å². The lowest BCUT2D eigenvalue weighted by Crippen LogP contribution is -2.18. The second-order valence-corrected chi connectivity index (χ2v) is 6.02. The predicted molar refractivity (Wildman–Crippen MR) is 72.1 cm³/mol. The molecule has 1 fully saturated rings. The van der Waals surface area contributed by atoms with Gasteiger partial charge in [0.1, 0.15) is 5.02 Å². The van der Waals surface area contributed by atoms with Crippen molar-refractivity contribution < 1.29 is 4.92 Å². The third kappa shape index (κ3) is 3.04. The molecule has 1 N–H and O–H groups in total. The van der Waals surface area contributed by atoms with E-state index in [4.69, 9.17) is 11.6 Å². The molecule has 92 valence electrons. The molecule has 2 unspecified atom stereocenters. The maximum absolute atomic E-state index is 10.6. The summed E-state index contributed by atoms with van der Waals surface area (Å²) in [5.41, 5.74) is 0.798. The monoisotopic (exact) mass is 272 g/mol. The van der Waals surface area contributed by atoms with Crippen LogP contribution in [-0.2, 0) is 0 Å². The Labute approximate surface area is 109 Å². The SMILES string of the molecule is CC1CC(Nc2ccc([N+](=O)[O-])c(Cl)c2)CS1. The molecular formula is C11H13ClN2O2S. The topological polar surface area (TPSA) is 55.2 Å². The number of benzene rings is 1. The number of hydrogen-bond acceptors (Lipinski definition) is 4. The lowest BCUT2D eigenvalue weighted by Gasteiger charge is -2.13. The van der Waals surface area contributed by atoms with Crippen molar-refractivity contribution in [2.75, 3.05) is 11.1 Å². The average molecular weight is 273 g/mol. The number of hydrogen-bond donors (Lipinski definition) is 1. The van der Waals surface area contributed by atoms with Crippen LogP contribution in [0.15, 0.2) is 18.2 Å². The van der Waals surface area contributed by atoms with Crippen LogP contribution in [0.25, 0.3) is 0 Å². The molecule has 1 aromatic rings. The summed E-state index contributed by atoms with van der Waals surface area (Å²) in [5.74, 6) is 1.07. The first-order valence-corrected chi connectivity index (χ1v) is 6.81. The van der Waals surface area contributed by atoms with Crippen molar-refractivity contribution in [2.45, 2.75) is 24.6 Å². The van der Waals surface area contributed by atoms with Crippen LogP contribution in [0.1, 0.15) is 13.3 Å². The van der Waals surface area contributed by atoms with E-state index >= 15 is 0 Å². The van der Waals surface area contributed by atoms with E-state index in [1.165, 1.54) is 6.07 Å². The minimum Gasteiger partial charge on any atom is -0.381 e. The molecule has 0 bridgehead atoms. The van der Waals surface area contributed by atoms with Gasteiger partial charge in [0.05, 0.1) is 4.92 Å². The molecule has 2 rings (SSSR count). The van der Waals surface area contributed by atoms with E-state index in [-0.39, 0.29) is 10.7 Å². The fourth-order valence-electron chi connectivity index (χ4n) is 1.90. The van der Waals surface area contributed by atoms with Gasteiger partial charge in [-0.25, -0.2) is 0 Å². The van der Waals surface area contributed by atoms with Crippen LogP contribution in [0.5, 0.6) is 0 Å². The minimum absolute atomic E-state index is 0.0496. The Bertz CT molecular complexity index is 441. The maximum atomic E-state index is 10.6. The van der Waals surface area contributed by atoms with Crippen molar-refractivity contribution in [1.82, 2.24) is 0 Å². The Kier molecular flexibility index (Phi) is 3.79. The summed E-state index contributed by atoms with van der Waals surface area (Å²) in [6.45, 7) is 2.20. The van der Waals surface area contributed by atoms with Crippen LogP contribution in [0.4, 0.5) is 11.4 Å². The van der Waals surface area contributed by atoms with E-state index in [0.717, 1.165) is 17.9 Å². The summed E-state index contributed by atoms with van der Waals surface area (Å²) in [6, 6.07) is 5.19. The van der Waals surface area contributed by atoms with E-state index in [0.29, 0.717) is 11.3 Å². The largest absolute Gasteiger partial charge is 0.381 e. The number of rotatable bonds is 3. The summed E-state index contributed by atoms with van der Waals surface area (Å²) in [7, 11) is 0. The highest BCUT2D eigenvalue weighted by Gasteiger charge is 2.22. The smallest absolute Gasteiger partial charge is 0.288 e. The number of nitrogens with one attached hydrogen (secondary N) is 1. The Hall–Kier alpha value is -0.940. The van der Waals surface area contributed by atoms with E-state index in [1.54, 1.807) is 12.1 Å². The fraction of sp³-hybridized carbons (Fsp3) is 0.455. The van der Waals surface area contributed by atoms with Crippen LogP contribution < -0.4 is 5.32 Å². The summed E-state index contributed by atoms with van der Waals surface area (Å²) >= 11 is 7.78. The quantitative estimate of drug-likeness (QED) is 0.675. The molecule has 0 aliphatic carbocycles. The zero-order chi connectivity index (χ0) is 12.4. The highest BCUT2D eigenvalue weighted by atomic mass is 35.5. The lowest BCUT2D eigenvalue weighted by atomic mass is 10.2. The van der Waals surface area contributed by atoms with E-state index in [1.807, 2.05) is 11.8 Å². The fourth-order valence-corrected chi connectivity index (χ4v) is 3.30. The first-order valence-electron chi connectivity index (χ1n) is 5.38. The zero-order valence-corrected chi connectivity index (χ0v) is 10.9. The van der Waals surface area contributed by atoms with Gasteiger partial charge >= 0.3 is 0 Å². The number of nitro groups is 1. The maximum Gasteiger partial charge on any atom is 0.288 e. The Balaban J connectivity index is 2.07. The molecule has 0 radical (unpaired) electrons. The second-order valence-electron chi connectivity index (χ2n) is 4.14. The standard InChI is InChI=1S/C11H13ClN2O2S/c1-7-4-9(6-17-7)13-8-2-3-11(14(15)16)10(12)5-8/h2-3,5,7,9,13H,4,6H2,1H3. The molecule has 0 amide bonds.